The maximum atomic E-state index is 11.6. The zero-order valence-electron chi connectivity index (χ0n) is 9.15. The molecule has 0 spiro atoms. The van der Waals surface area contributed by atoms with E-state index in [4.69, 9.17) is 22.7 Å². The van der Waals surface area contributed by atoms with E-state index in [1.54, 1.807) is 13.8 Å². The van der Waals surface area contributed by atoms with Gasteiger partial charge in [0, 0.05) is 7.05 Å². The molecule has 86 valence electrons. The molecule has 0 bridgehead atoms. The maximum Gasteiger partial charge on any atom is 0.325 e. The minimum absolute atomic E-state index is 0.0837. The van der Waals surface area contributed by atoms with Gasteiger partial charge in [-0.25, -0.2) is 0 Å². The van der Waals surface area contributed by atoms with Crippen molar-refractivity contribution in [2.45, 2.75) is 13.8 Å². The summed E-state index contributed by atoms with van der Waals surface area (Å²) in [6.07, 6.45) is 0. The number of amides is 1. The van der Waals surface area contributed by atoms with E-state index < -0.39 is 11.9 Å². The molecule has 0 aliphatic rings. The van der Waals surface area contributed by atoms with Crippen LogP contribution in [-0.4, -0.2) is 42.0 Å². The molecule has 0 aromatic carbocycles. The van der Waals surface area contributed by atoms with Crippen LogP contribution in [0.2, 0.25) is 0 Å². The van der Waals surface area contributed by atoms with Gasteiger partial charge in [-0.2, -0.15) is 0 Å². The van der Waals surface area contributed by atoms with Crippen LogP contribution in [0.5, 0.6) is 0 Å². The third kappa shape index (κ3) is 4.73. The molecule has 0 aliphatic carbocycles. The Bertz CT molecular complexity index is 268. The van der Waals surface area contributed by atoms with Crippen LogP contribution < -0.4 is 5.73 Å². The molecule has 1 amide bonds. The molecule has 15 heavy (non-hydrogen) atoms. The molecule has 1 atom stereocenters. The summed E-state index contributed by atoms with van der Waals surface area (Å²) in [7, 11) is 1.51. The van der Waals surface area contributed by atoms with Gasteiger partial charge in [0.25, 0.3) is 0 Å². The number of ether oxygens (including phenoxy) is 1. The van der Waals surface area contributed by atoms with Gasteiger partial charge in [0.15, 0.2) is 0 Å². The summed E-state index contributed by atoms with van der Waals surface area (Å²) in [5.41, 5.74) is 5.33. The average molecular weight is 232 g/mol. The molecule has 1 unspecified atom stereocenters. The first-order valence-corrected chi connectivity index (χ1v) is 5.00. The van der Waals surface area contributed by atoms with Gasteiger partial charge in [-0.05, 0) is 13.8 Å². The molecule has 0 saturated carbocycles. The molecule has 0 aromatic rings. The number of carbonyl (C=O) groups is 2. The SMILES string of the molecule is CCOC(=O)CN(C)C(=O)C(C)C(N)=S. The van der Waals surface area contributed by atoms with Gasteiger partial charge < -0.3 is 15.4 Å². The number of nitrogens with zero attached hydrogens (tertiary/aromatic N) is 1. The normalized spacial score (nSPS) is 11.7. The molecule has 0 fully saturated rings. The largest absolute Gasteiger partial charge is 0.465 e. The predicted octanol–water partition coefficient (Wildman–Crippen LogP) is -0.0699. The summed E-state index contributed by atoms with van der Waals surface area (Å²) in [6.45, 7) is 3.52. The lowest BCUT2D eigenvalue weighted by Gasteiger charge is -2.19. The lowest BCUT2D eigenvalue weighted by atomic mass is 10.1. The number of hydrogen-bond acceptors (Lipinski definition) is 4. The summed E-state index contributed by atoms with van der Waals surface area (Å²) in [6, 6.07) is 0. The van der Waals surface area contributed by atoms with Gasteiger partial charge >= 0.3 is 5.97 Å². The van der Waals surface area contributed by atoms with E-state index >= 15 is 0 Å². The number of nitrogens with two attached hydrogens (primary N) is 1. The van der Waals surface area contributed by atoms with Crippen molar-refractivity contribution in [1.82, 2.24) is 4.90 Å². The minimum Gasteiger partial charge on any atom is -0.465 e. The van der Waals surface area contributed by atoms with Crippen LogP contribution in [0.4, 0.5) is 0 Å². The van der Waals surface area contributed by atoms with Gasteiger partial charge in [0.2, 0.25) is 5.91 Å². The van der Waals surface area contributed by atoms with Gasteiger partial charge in [-0.15, -0.1) is 0 Å². The van der Waals surface area contributed by atoms with Crippen LogP contribution in [0.25, 0.3) is 0 Å². The zero-order valence-corrected chi connectivity index (χ0v) is 9.97. The van der Waals surface area contributed by atoms with Crippen molar-refractivity contribution in [2.75, 3.05) is 20.2 Å². The standard InChI is InChI=1S/C9H16N2O3S/c1-4-14-7(12)5-11(3)9(13)6(2)8(10)15/h6H,4-5H2,1-3H3,(H2,10,15). The fraction of sp³-hybridized carbons (Fsp3) is 0.667. The number of thiocarbonyl (C=S) groups is 1. The lowest BCUT2D eigenvalue weighted by Crippen LogP contribution is -2.40. The number of carbonyl (C=O) groups excluding carboxylic acids is 2. The monoisotopic (exact) mass is 232 g/mol. The lowest BCUT2D eigenvalue weighted by molar-refractivity contribution is -0.148. The summed E-state index contributed by atoms with van der Waals surface area (Å²) in [5.74, 6) is -1.28. The molecule has 0 aliphatic heterocycles. The Labute approximate surface area is 94.6 Å². The van der Waals surface area contributed by atoms with E-state index in [0.717, 1.165) is 0 Å². The first kappa shape index (κ1) is 13.8. The first-order chi connectivity index (χ1) is 6.90. The highest BCUT2D eigenvalue weighted by molar-refractivity contribution is 7.80. The van der Waals surface area contributed by atoms with Crippen LogP contribution in [0.1, 0.15) is 13.8 Å². The number of rotatable bonds is 5. The van der Waals surface area contributed by atoms with E-state index in [0.29, 0.717) is 6.61 Å². The van der Waals surface area contributed by atoms with Crippen molar-refractivity contribution in [3.05, 3.63) is 0 Å². The molecular formula is C9H16N2O3S. The highest BCUT2D eigenvalue weighted by atomic mass is 32.1. The quantitative estimate of drug-likeness (QED) is 0.530. The van der Waals surface area contributed by atoms with E-state index in [1.165, 1.54) is 11.9 Å². The Morgan fingerprint density at radius 3 is 2.47 bits per heavy atom. The third-order valence-electron chi connectivity index (χ3n) is 1.85. The van der Waals surface area contributed by atoms with Crippen LogP contribution >= 0.6 is 12.2 Å². The first-order valence-electron chi connectivity index (χ1n) is 4.60. The van der Waals surface area contributed by atoms with Gasteiger partial charge in [0.1, 0.15) is 6.54 Å². The second-order valence-electron chi connectivity index (χ2n) is 3.12. The Morgan fingerprint density at radius 2 is 2.07 bits per heavy atom. The Hall–Kier alpha value is -1.17. The summed E-state index contributed by atoms with van der Waals surface area (Å²) >= 11 is 4.69. The van der Waals surface area contributed by atoms with E-state index in [1.807, 2.05) is 0 Å². The van der Waals surface area contributed by atoms with Crippen LogP contribution in [0.15, 0.2) is 0 Å². The van der Waals surface area contributed by atoms with Crippen molar-refractivity contribution in [1.29, 1.82) is 0 Å². The number of esters is 1. The molecule has 0 heterocycles. The summed E-state index contributed by atoms with van der Waals surface area (Å²) in [5, 5.41) is 0. The fourth-order valence-electron chi connectivity index (χ4n) is 0.930. The second kappa shape index (κ2) is 6.34. The summed E-state index contributed by atoms with van der Waals surface area (Å²) in [4.78, 5) is 24.0. The predicted molar refractivity (Wildman–Crippen MR) is 60.2 cm³/mol. The van der Waals surface area contributed by atoms with Crippen molar-refractivity contribution < 1.29 is 14.3 Å². The summed E-state index contributed by atoms with van der Waals surface area (Å²) < 4.78 is 4.71. The maximum absolute atomic E-state index is 11.6. The minimum atomic E-state index is -0.556. The van der Waals surface area contributed by atoms with E-state index in [9.17, 15) is 9.59 Å². The molecule has 0 aromatic heterocycles. The smallest absolute Gasteiger partial charge is 0.325 e. The van der Waals surface area contributed by atoms with Crippen molar-refractivity contribution in [2.24, 2.45) is 11.7 Å². The molecule has 2 N–H and O–H groups in total. The highest BCUT2D eigenvalue weighted by Crippen LogP contribution is 2.01. The molecule has 5 nitrogen and oxygen atoms in total. The van der Waals surface area contributed by atoms with Crippen molar-refractivity contribution >= 4 is 29.1 Å². The molecular weight excluding hydrogens is 216 g/mol. The molecule has 0 saturated heterocycles. The van der Waals surface area contributed by atoms with E-state index in [-0.39, 0.29) is 17.4 Å². The van der Waals surface area contributed by atoms with Gasteiger partial charge in [-0.3, -0.25) is 9.59 Å². The number of hydrogen-bond donors (Lipinski definition) is 1. The average Bonchev–Trinajstić information content (AvgIpc) is 2.15. The molecule has 0 rings (SSSR count). The van der Waals surface area contributed by atoms with Gasteiger partial charge in [-0.1, -0.05) is 12.2 Å². The van der Waals surface area contributed by atoms with Crippen LogP contribution in [-0.2, 0) is 14.3 Å². The third-order valence-corrected chi connectivity index (χ3v) is 2.20. The zero-order chi connectivity index (χ0) is 12.0. The van der Waals surface area contributed by atoms with Crippen LogP contribution in [0.3, 0.4) is 0 Å². The number of likely N-dealkylation sites (N-methyl/N-ethyl adjacent to an activating group) is 1. The fourth-order valence-corrected chi connectivity index (χ4v) is 1.03. The Kier molecular flexibility index (Phi) is 5.84. The molecule has 0 radical (unpaired) electrons. The van der Waals surface area contributed by atoms with Crippen molar-refractivity contribution in [3.8, 4) is 0 Å². The topological polar surface area (TPSA) is 72.6 Å². The van der Waals surface area contributed by atoms with Gasteiger partial charge in [0.05, 0.1) is 17.5 Å². The second-order valence-corrected chi connectivity index (χ2v) is 3.59. The molecule has 6 heteroatoms. The highest BCUT2D eigenvalue weighted by Gasteiger charge is 2.21. The Morgan fingerprint density at radius 1 is 1.53 bits per heavy atom. The van der Waals surface area contributed by atoms with E-state index in [2.05, 4.69) is 0 Å². The van der Waals surface area contributed by atoms with Crippen molar-refractivity contribution in [3.63, 3.8) is 0 Å². The van der Waals surface area contributed by atoms with Crippen LogP contribution in [0, 0.1) is 5.92 Å². The Balaban J connectivity index is 4.21.